The summed E-state index contributed by atoms with van der Waals surface area (Å²) >= 11 is 0. The van der Waals surface area contributed by atoms with Crippen LogP contribution in [0.25, 0.3) is 0 Å². The number of rotatable bonds is 4. The minimum atomic E-state index is -0.104. The summed E-state index contributed by atoms with van der Waals surface area (Å²) in [5.41, 5.74) is 2.15. The average molecular weight is 353 g/mol. The molecule has 0 aromatic heterocycles. The lowest BCUT2D eigenvalue weighted by Gasteiger charge is -2.44. The van der Waals surface area contributed by atoms with Crippen LogP contribution in [-0.4, -0.2) is 55.1 Å². The Labute approximate surface area is 156 Å². The molecule has 2 aromatic carbocycles. The van der Waals surface area contributed by atoms with Gasteiger partial charge in [-0.3, -0.25) is 9.80 Å². The van der Waals surface area contributed by atoms with Gasteiger partial charge in [0.2, 0.25) is 0 Å². The lowest BCUT2D eigenvalue weighted by molar-refractivity contribution is 0.0887. The second-order valence-electron chi connectivity index (χ2n) is 7.49. The van der Waals surface area contributed by atoms with E-state index >= 15 is 0 Å². The third-order valence-corrected chi connectivity index (χ3v) is 5.75. The fraction of sp³-hybridized carbons (Fsp3) is 0.455. The highest BCUT2D eigenvalue weighted by Crippen LogP contribution is 2.23. The molecular formula is C22H28FN3. The molecule has 0 amide bonds. The summed E-state index contributed by atoms with van der Waals surface area (Å²) in [5, 5.41) is 0. The molecule has 3 nitrogen and oxygen atoms in total. The largest absolute Gasteiger partial charge is 0.367 e. The molecule has 2 saturated heterocycles. The number of likely N-dealkylation sites (tertiary alicyclic amines) is 1. The Bertz CT molecular complexity index is 698. The van der Waals surface area contributed by atoms with Gasteiger partial charge in [-0.1, -0.05) is 42.5 Å². The van der Waals surface area contributed by atoms with Crippen molar-refractivity contribution in [2.75, 3.05) is 44.2 Å². The van der Waals surface area contributed by atoms with Gasteiger partial charge < -0.3 is 4.90 Å². The summed E-state index contributed by atoms with van der Waals surface area (Å²) in [7, 11) is 0. The maximum Gasteiger partial charge on any atom is 0.146 e. The van der Waals surface area contributed by atoms with Crippen LogP contribution in [0.3, 0.4) is 0 Å². The minimum absolute atomic E-state index is 0.104. The van der Waals surface area contributed by atoms with Gasteiger partial charge in [0, 0.05) is 45.3 Å². The number of anilines is 1. The molecule has 0 bridgehead atoms. The Morgan fingerprint density at radius 2 is 1.58 bits per heavy atom. The maximum absolute atomic E-state index is 14.0. The topological polar surface area (TPSA) is 9.72 Å². The first kappa shape index (κ1) is 17.5. The summed E-state index contributed by atoms with van der Waals surface area (Å²) in [5.74, 6) is -0.104. The van der Waals surface area contributed by atoms with Crippen LogP contribution in [0.1, 0.15) is 18.4 Å². The van der Waals surface area contributed by atoms with Gasteiger partial charge in [0.1, 0.15) is 5.82 Å². The Hall–Kier alpha value is -1.91. The summed E-state index contributed by atoms with van der Waals surface area (Å²) in [4.78, 5) is 7.40. The maximum atomic E-state index is 14.0. The molecule has 1 atom stereocenters. The molecule has 0 aliphatic carbocycles. The van der Waals surface area contributed by atoms with E-state index in [-0.39, 0.29) is 5.82 Å². The highest BCUT2D eigenvalue weighted by atomic mass is 19.1. The molecule has 26 heavy (non-hydrogen) atoms. The van der Waals surface area contributed by atoms with Gasteiger partial charge >= 0.3 is 0 Å². The van der Waals surface area contributed by atoms with Crippen LogP contribution in [0.15, 0.2) is 54.6 Å². The number of hydrogen-bond acceptors (Lipinski definition) is 3. The third kappa shape index (κ3) is 4.08. The van der Waals surface area contributed by atoms with E-state index in [0.29, 0.717) is 6.04 Å². The molecule has 4 rings (SSSR count). The molecule has 4 heteroatoms. The van der Waals surface area contributed by atoms with E-state index in [2.05, 4.69) is 45.0 Å². The predicted molar refractivity (Wildman–Crippen MR) is 105 cm³/mol. The van der Waals surface area contributed by atoms with Crippen molar-refractivity contribution in [2.24, 2.45) is 0 Å². The summed E-state index contributed by atoms with van der Waals surface area (Å²) in [6.45, 7) is 7.27. The Kier molecular flexibility index (Phi) is 5.51. The molecule has 0 saturated carbocycles. The van der Waals surface area contributed by atoms with Crippen LogP contribution in [0.4, 0.5) is 10.1 Å². The third-order valence-electron chi connectivity index (χ3n) is 5.75. The van der Waals surface area contributed by atoms with Crippen LogP contribution in [-0.2, 0) is 6.54 Å². The normalized spacial score (nSPS) is 22.5. The lowest BCUT2D eigenvalue weighted by Crippen LogP contribution is -2.55. The van der Waals surface area contributed by atoms with Crippen LogP contribution in [0.2, 0.25) is 0 Å². The van der Waals surface area contributed by atoms with Crippen molar-refractivity contribution in [3.63, 3.8) is 0 Å². The fourth-order valence-electron chi connectivity index (χ4n) is 4.35. The van der Waals surface area contributed by atoms with E-state index in [0.717, 1.165) is 45.0 Å². The number of nitrogens with zero attached hydrogens (tertiary/aromatic N) is 3. The molecule has 0 spiro atoms. The van der Waals surface area contributed by atoms with E-state index in [9.17, 15) is 4.39 Å². The zero-order chi connectivity index (χ0) is 17.8. The lowest BCUT2D eigenvalue weighted by atomic mass is 10.0. The number of benzene rings is 2. The number of hydrogen-bond donors (Lipinski definition) is 0. The van der Waals surface area contributed by atoms with Gasteiger partial charge in [0.05, 0.1) is 5.69 Å². The zero-order valence-electron chi connectivity index (χ0n) is 15.4. The zero-order valence-corrected chi connectivity index (χ0v) is 15.4. The van der Waals surface area contributed by atoms with Crippen molar-refractivity contribution in [3.05, 3.63) is 66.0 Å². The minimum Gasteiger partial charge on any atom is -0.367 e. The van der Waals surface area contributed by atoms with Gasteiger partial charge in [0.25, 0.3) is 0 Å². The van der Waals surface area contributed by atoms with Crippen molar-refractivity contribution >= 4 is 5.69 Å². The van der Waals surface area contributed by atoms with E-state index in [4.69, 9.17) is 0 Å². The first-order valence-electron chi connectivity index (χ1n) is 9.79. The molecule has 2 aliphatic heterocycles. The predicted octanol–water partition coefficient (Wildman–Crippen LogP) is 3.61. The smallest absolute Gasteiger partial charge is 0.146 e. The fourth-order valence-corrected chi connectivity index (χ4v) is 4.35. The van der Waals surface area contributed by atoms with E-state index in [1.807, 2.05) is 12.1 Å². The number of para-hydroxylation sites is 1. The molecule has 1 unspecified atom stereocenters. The number of piperazine rings is 1. The molecule has 2 aromatic rings. The first-order valence-corrected chi connectivity index (χ1v) is 9.79. The number of piperidine rings is 1. The standard InChI is InChI=1S/C22H28FN3/c23-21-10-4-5-11-22(21)26-15-13-25(14-16-26)20-9-6-12-24(18-20)17-19-7-2-1-3-8-19/h1-5,7-8,10-11,20H,6,9,12-18H2. The van der Waals surface area contributed by atoms with Crippen LogP contribution in [0.5, 0.6) is 0 Å². The highest BCUT2D eigenvalue weighted by Gasteiger charge is 2.28. The molecule has 2 fully saturated rings. The molecule has 2 heterocycles. The van der Waals surface area contributed by atoms with Crippen LogP contribution < -0.4 is 4.90 Å². The average Bonchev–Trinajstić information content (AvgIpc) is 2.70. The van der Waals surface area contributed by atoms with Crippen molar-refractivity contribution in [1.29, 1.82) is 0 Å². The summed E-state index contributed by atoms with van der Waals surface area (Å²) in [6, 6.07) is 18.5. The molecule has 2 aliphatic rings. The molecule has 0 radical (unpaired) electrons. The van der Waals surface area contributed by atoms with Crippen molar-refractivity contribution < 1.29 is 4.39 Å². The van der Waals surface area contributed by atoms with Gasteiger partial charge in [-0.2, -0.15) is 0 Å². The number of halogens is 1. The quantitative estimate of drug-likeness (QED) is 0.831. The van der Waals surface area contributed by atoms with Crippen molar-refractivity contribution in [2.45, 2.75) is 25.4 Å². The SMILES string of the molecule is Fc1ccccc1N1CCN(C2CCCN(Cc3ccccc3)C2)CC1. The molecular weight excluding hydrogens is 325 g/mol. The second kappa shape index (κ2) is 8.19. The summed E-state index contributed by atoms with van der Waals surface area (Å²) < 4.78 is 14.0. The van der Waals surface area contributed by atoms with Crippen LogP contribution >= 0.6 is 0 Å². The van der Waals surface area contributed by atoms with E-state index < -0.39 is 0 Å². The Balaban J connectivity index is 1.32. The van der Waals surface area contributed by atoms with Gasteiger partial charge in [-0.05, 0) is 37.1 Å². The summed E-state index contributed by atoms with van der Waals surface area (Å²) in [6.07, 6.45) is 2.55. The second-order valence-corrected chi connectivity index (χ2v) is 7.49. The molecule has 0 N–H and O–H groups in total. The Morgan fingerprint density at radius 3 is 2.35 bits per heavy atom. The van der Waals surface area contributed by atoms with Gasteiger partial charge in [-0.15, -0.1) is 0 Å². The highest BCUT2D eigenvalue weighted by molar-refractivity contribution is 5.48. The van der Waals surface area contributed by atoms with E-state index in [1.165, 1.54) is 24.9 Å². The van der Waals surface area contributed by atoms with E-state index in [1.54, 1.807) is 12.1 Å². The van der Waals surface area contributed by atoms with Crippen molar-refractivity contribution in [3.8, 4) is 0 Å². The Morgan fingerprint density at radius 1 is 0.846 bits per heavy atom. The van der Waals surface area contributed by atoms with Gasteiger partial charge in [-0.25, -0.2) is 4.39 Å². The first-order chi connectivity index (χ1) is 12.8. The van der Waals surface area contributed by atoms with Crippen molar-refractivity contribution in [1.82, 2.24) is 9.80 Å². The van der Waals surface area contributed by atoms with Gasteiger partial charge in [0.15, 0.2) is 0 Å². The molecule has 138 valence electrons. The van der Waals surface area contributed by atoms with Crippen LogP contribution in [0, 0.1) is 5.82 Å². The monoisotopic (exact) mass is 353 g/mol.